The highest BCUT2D eigenvalue weighted by molar-refractivity contribution is 7.88. The number of allylic oxidation sites excluding steroid dienone is 2. The van der Waals surface area contributed by atoms with Crippen molar-refractivity contribution in [3.8, 4) is 0 Å². The summed E-state index contributed by atoms with van der Waals surface area (Å²) in [7, 11) is -4.29. The fourth-order valence-electron chi connectivity index (χ4n) is 0.205. The van der Waals surface area contributed by atoms with E-state index >= 15 is 0 Å². The van der Waals surface area contributed by atoms with Crippen LogP contribution in [0.5, 0.6) is 0 Å². The van der Waals surface area contributed by atoms with Crippen molar-refractivity contribution in [2.75, 3.05) is 0 Å². The van der Waals surface area contributed by atoms with Gasteiger partial charge < -0.3 is 0 Å². The maximum atomic E-state index is 10.3. The summed E-state index contributed by atoms with van der Waals surface area (Å²) < 4.78 is 19.1. The van der Waals surface area contributed by atoms with E-state index in [0.717, 1.165) is 12.2 Å². The SMILES string of the molecule is C=CC=CS(=O)(=O)[N+](=O)[O-]. The van der Waals surface area contributed by atoms with Gasteiger partial charge in [0, 0.05) is 0 Å². The summed E-state index contributed by atoms with van der Waals surface area (Å²) in [5, 5.41) is 10.1. The molecule has 0 aromatic heterocycles. The maximum Gasteiger partial charge on any atom is 0.441 e. The Morgan fingerprint density at radius 3 is 2.30 bits per heavy atom. The van der Waals surface area contributed by atoms with E-state index in [1.165, 1.54) is 0 Å². The van der Waals surface area contributed by atoms with Crippen LogP contribution in [0.15, 0.2) is 24.1 Å². The molecule has 0 amide bonds. The first-order valence-electron chi connectivity index (χ1n) is 2.19. The Hall–Kier alpha value is -1.17. The van der Waals surface area contributed by atoms with E-state index < -0.39 is 14.4 Å². The maximum absolute atomic E-state index is 10.3. The van der Waals surface area contributed by atoms with Gasteiger partial charge >= 0.3 is 10.0 Å². The third-order valence-corrected chi connectivity index (χ3v) is 1.51. The van der Waals surface area contributed by atoms with Crippen molar-refractivity contribution in [3.05, 3.63) is 34.3 Å². The summed E-state index contributed by atoms with van der Waals surface area (Å²) in [5.41, 5.74) is 0. The Balaban J connectivity index is 4.61. The first-order valence-corrected chi connectivity index (χ1v) is 3.69. The summed E-state index contributed by atoms with van der Waals surface area (Å²) in [6.45, 7) is 3.15. The highest BCUT2D eigenvalue weighted by Gasteiger charge is 2.17. The van der Waals surface area contributed by atoms with Crippen LogP contribution in [0.3, 0.4) is 0 Å². The van der Waals surface area contributed by atoms with E-state index in [1.807, 2.05) is 0 Å². The smallest absolute Gasteiger partial charge is 0.247 e. The second kappa shape index (κ2) is 3.11. The zero-order valence-corrected chi connectivity index (χ0v) is 5.74. The quantitative estimate of drug-likeness (QED) is 0.340. The molecule has 0 atom stereocenters. The van der Waals surface area contributed by atoms with E-state index in [0.29, 0.717) is 5.41 Å². The summed E-state index contributed by atoms with van der Waals surface area (Å²) in [6.07, 6.45) is 2.12. The molecule has 0 aliphatic heterocycles. The molecule has 0 bridgehead atoms. The Kier molecular flexibility index (Phi) is 2.75. The predicted molar refractivity (Wildman–Crippen MR) is 35.3 cm³/mol. The van der Waals surface area contributed by atoms with Gasteiger partial charge in [0.2, 0.25) is 0 Å². The molecule has 0 radical (unpaired) electrons. The lowest BCUT2D eigenvalue weighted by Gasteiger charge is -1.82. The molecule has 0 aliphatic rings. The van der Waals surface area contributed by atoms with E-state index in [9.17, 15) is 18.5 Å². The molecule has 0 aromatic rings. The van der Waals surface area contributed by atoms with E-state index in [1.54, 1.807) is 0 Å². The van der Waals surface area contributed by atoms with Gasteiger partial charge in [-0.25, -0.2) is 10.1 Å². The fourth-order valence-corrected chi connectivity index (χ4v) is 0.614. The number of rotatable bonds is 3. The molecule has 6 heteroatoms. The Labute approximate surface area is 57.9 Å². The van der Waals surface area contributed by atoms with Gasteiger partial charge in [-0.3, -0.25) is 0 Å². The molecule has 5 nitrogen and oxygen atoms in total. The van der Waals surface area contributed by atoms with Crippen LogP contribution in [-0.4, -0.2) is 12.7 Å². The molecular weight excluding hydrogens is 158 g/mol. The molecule has 0 rings (SSSR count). The molecule has 0 heterocycles. The van der Waals surface area contributed by atoms with Crippen LogP contribution in [0.4, 0.5) is 0 Å². The molecule has 56 valence electrons. The molecule has 0 fully saturated rings. The average molecular weight is 163 g/mol. The van der Waals surface area contributed by atoms with Crippen molar-refractivity contribution >= 4 is 10.0 Å². The van der Waals surface area contributed by atoms with Gasteiger partial charge in [0.05, 0.1) is 0 Å². The van der Waals surface area contributed by atoms with Gasteiger partial charge in [-0.1, -0.05) is 12.7 Å². The van der Waals surface area contributed by atoms with Crippen molar-refractivity contribution in [2.24, 2.45) is 0 Å². The molecule has 0 spiro atoms. The Bertz CT molecular complexity index is 263. The van der Waals surface area contributed by atoms with Gasteiger partial charge in [-0.15, -0.1) is 0 Å². The van der Waals surface area contributed by atoms with Crippen molar-refractivity contribution in [2.45, 2.75) is 0 Å². The van der Waals surface area contributed by atoms with Crippen molar-refractivity contribution in [1.29, 1.82) is 0 Å². The summed E-state index contributed by atoms with van der Waals surface area (Å²) in [4.78, 5) is 9.66. The largest absolute Gasteiger partial charge is 0.441 e. The molecule has 0 saturated heterocycles. The predicted octanol–water partition coefficient (Wildman–Crippen LogP) is 0.293. The number of nitro groups is 1. The molecule has 0 aromatic carbocycles. The molecule has 0 saturated carbocycles. The third kappa shape index (κ3) is 2.40. The first-order chi connectivity index (χ1) is 4.50. The fraction of sp³-hybridized carbons (Fsp3) is 0. The van der Waals surface area contributed by atoms with E-state index in [-0.39, 0.29) is 0 Å². The van der Waals surface area contributed by atoms with Crippen LogP contribution in [-0.2, 0) is 10.0 Å². The number of hydrogen-bond acceptors (Lipinski definition) is 4. The average Bonchev–Trinajstić information content (AvgIpc) is 1.84. The van der Waals surface area contributed by atoms with Gasteiger partial charge in [0.1, 0.15) is 5.41 Å². The van der Waals surface area contributed by atoms with Gasteiger partial charge in [-0.05, 0) is 6.08 Å². The lowest BCUT2D eigenvalue weighted by molar-refractivity contribution is -0.302. The Morgan fingerprint density at radius 2 is 2.00 bits per heavy atom. The second-order valence-corrected chi connectivity index (χ2v) is 2.90. The zero-order chi connectivity index (χ0) is 8.20. The Morgan fingerprint density at radius 1 is 1.50 bits per heavy atom. The van der Waals surface area contributed by atoms with Crippen LogP contribution in [0.2, 0.25) is 0 Å². The monoisotopic (exact) mass is 163 g/mol. The van der Waals surface area contributed by atoms with Crippen LogP contribution in [0.1, 0.15) is 0 Å². The highest BCUT2D eigenvalue weighted by atomic mass is 32.2. The van der Waals surface area contributed by atoms with Crippen LogP contribution < -0.4 is 0 Å². The minimum atomic E-state index is -4.29. The van der Waals surface area contributed by atoms with Crippen molar-refractivity contribution in [1.82, 2.24) is 0 Å². The topological polar surface area (TPSA) is 77.3 Å². The van der Waals surface area contributed by atoms with Crippen LogP contribution in [0, 0.1) is 10.1 Å². The van der Waals surface area contributed by atoms with Crippen molar-refractivity contribution < 1.29 is 12.7 Å². The van der Waals surface area contributed by atoms with Crippen molar-refractivity contribution in [3.63, 3.8) is 0 Å². The highest BCUT2D eigenvalue weighted by Crippen LogP contribution is 1.91. The lowest BCUT2D eigenvalue weighted by Crippen LogP contribution is -2.07. The number of nitrogens with zero attached hydrogens (tertiary/aromatic N) is 1. The molecule has 10 heavy (non-hydrogen) atoms. The summed E-state index contributed by atoms with van der Waals surface area (Å²) in [6, 6.07) is 0. The van der Waals surface area contributed by atoms with E-state index in [2.05, 4.69) is 6.58 Å². The van der Waals surface area contributed by atoms with Gasteiger partial charge in [0.25, 0.3) is 0 Å². The minimum absolute atomic E-state index is 0.472. The first kappa shape index (κ1) is 8.83. The molecular formula is C4H5NO4S. The number of hydrogen-bond donors (Lipinski definition) is 0. The molecule has 0 aliphatic carbocycles. The summed E-state index contributed by atoms with van der Waals surface area (Å²) >= 11 is 0. The summed E-state index contributed by atoms with van der Waals surface area (Å²) in [5.74, 6) is 0. The van der Waals surface area contributed by atoms with E-state index in [4.69, 9.17) is 0 Å². The van der Waals surface area contributed by atoms with Crippen LogP contribution >= 0.6 is 0 Å². The molecule has 0 N–H and O–H groups in total. The number of sulfonamides is 1. The zero-order valence-electron chi connectivity index (χ0n) is 4.93. The van der Waals surface area contributed by atoms with Crippen LogP contribution in [0.25, 0.3) is 0 Å². The normalized spacial score (nSPS) is 11.6. The third-order valence-electron chi connectivity index (χ3n) is 0.594. The minimum Gasteiger partial charge on any atom is -0.247 e. The molecule has 0 unspecified atom stereocenters. The second-order valence-electron chi connectivity index (χ2n) is 1.30. The van der Waals surface area contributed by atoms with Gasteiger partial charge in [-0.2, -0.15) is 8.42 Å². The van der Waals surface area contributed by atoms with Gasteiger partial charge in [0.15, 0.2) is 4.33 Å². The standard InChI is InChI=1S/C4H5NO4S/c1-2-3-4-10(8,9)5(6)7/h2-4H,1H2. The lowest BCUT2D eigenvalue weighted by atomic mass is 10.6.